The van der Waals surface area contributed by atoms with Crippen LogP contribution in [0.1, 0.15) is 113 Å². The predicted molar refractivity (Wildman–Crippen MR) is 201 cm³/mol. The number of allylic oxidation sites excluding steroid dienone is 2. The van der Waals surface area contributed by atoms with Crippen LogP contribution < -0.4 is 0 Å². The van der Waals surface area contributed by atoms with Gasteiger partial charge in [-0.25, -0.2) is 0 Å². The molecule has 12 unspecified atom stereocenters. The minimum absolute atomic E-state index is 0.0226. The van der Waals surface area contributed by atoms with E-state index in [1.54, 1.807) is 0 Å². The highest BCUT2D eigenvalue weighted by Gasteiger charge is 2.71. The molecular weight excluding hydrogens is 712 g/mol. The SMILES string of the molecule is COC1O[C@@H](OC2[C@H](OC3CCC4(C)C(CCC5(C)C4CC(O)C4C([C@@](C)(O)CCC=C(C)C)CC[C@]45C)C3(C)C)OC(OC)[C@@H](O)[C@H]2O)C(O)[C@H](O)[C@@H]1O. The topological polar surface area (TPSA) is 197 Å². The Hall–Kier alpha value is -0.780. The molecule has 6 fully saturated rings. The van der Waals surface area contributed by atoms with Crippen LogP contribution in [0.2, 0.25) is 0 Å². The zero-order valence-electron chi connectivity index (χ0n) is 34.8. The van der Waals surface area contributed by atoms with Crippen LogP contribution in [0.25, 0.3) is 0 Å². The van der Waals surface area contributed by atoms with Crippen LogP contribution in [0.4, 0.5) is 0 Å². The summed E-state index contributed by atoms with van der Waals surface area (Å²) in [6, 6.07) is 0. The minimum Gasteiger partial charge on any atom is -0.393 e. The van der Waals surface area contributed by atoms with Gasteiger partial charge in [-0.15, -0.1) is 0 Å². The molecule has 0 aromatic carbocycles. The van der Waals surface area contributed by atoms with Crippen LogP contribution in [0.5, 0.6) is 0 Å². The molecule has 0 spiro atoms. The molecule has 0 amide bonds. The van der Waals surface area contributed by atoms with Gasteiger partial charge in [-0.1, -0.05) is 46.3 Å². The number of fused-ring (bicyclic) bond motifs is 5. The van der Waals surface area contributed by atoms with E-state index < -0.39 is 78.9 Å². The summed E-state index contributed by atoms with van der Waals surface area (Å²) in [7, 11) is 2.63. The van der Waals surface area contributed by atoms with E-state index in [-0.39, 0.29) is 46.0 Å². The number of aliphatic hydroxyl groups is 7. The molecular formula is C42H72O13. The van der Waals surface area contributed by atoms with Gasteiger partial charge in [0.1, 0.15) is 36.6 Å². The van der Waals surface area contributed by atoms with Crippen molar-refractivity contribution in [1.82, 2.24) is 0 Å². The molecule has 4 aliphatic carbocycles. The molecule has 7 N–H and O–H groups in total. The van der Waals surface area contributed by atoms with Gasteiger partial charge >= 0.3 is 0 Å². The lowest BCUT2D eigenvalue weighted by atomic mass is 9.35. The molecule has 6 aliphatic rings. The van der Waals surface area contributed by atoms with Gasteiger partial charge in [0.25, 0.3) is 0 Å². The van der Waals surface area contributed by atoms with Crippen molar-refractivity contribution in [3.63, 3.8) is 0 Å². The largest absolute Gasteiger partial charge is 0.393 e. The second-order valence-corrected chi connectivity index (χ2v) is 19.9. The second-order valence-electron chi connectivity index (χ2n) is 19.9. The van der Waals surface area contributed by atoms with Crippen LogP contribution in [0, 0.1) is 45.3 Å². The Labute approximate surface area is 327 Å². The molecule has 0 aromatic rings. The van der Waals surface area contributed by atoms with Crippen LogP contribution in [-0.2, 0) is 28.4 Å². The number of hydrogen-bond acceptors (Lipinski definition) is 13. The van der Waals surface area contributed by atoms with Gasteiger partial charge in [0.05, 0.1) is 17.8 Å². The molecule has 2 heterocycles. The summed E-state index contributed by atoms with van der Waals surface area (Å²) < 4.78 is 35.1. The Balaban J connectivity index is 1.23. The zero-order chi connectivity index (χ0) is 40.6. The summed E-state index contributed by atoms with van der Waals surface area (Å²) in [5.74, 6) is 0.523. The summed E-state index contributed by atoms with van der Waals surface area (Å²) in [5, 5.41) is 77.9. The highest BCUT2D eigenvalue weighted by Crippen LogP contribution is 2.76. The standard InChI is InChI=1S/C42H72O13/c1-21(2)12-11-16-42(8,49)22-13-18-41(7)27(22)23(43)20-25-39(5)17-15-26(38(3,4)24(39)14-19-40(25,41)6)52-37-33(29(45)32(48)35(51-10)55-37)53-36-31(47)28(44)30(46)34(50-9)54-36/h12,22-37,43-49H,11,13-20H2,1-10H3/t22?,23?,24?,25?,26?,27?,28-,29-,30+,31?,32+,33?,34?,35?,36-,37-,39?,40?,41-,42+/m1/s1. The Morgan fingerprint density at radius 3 is 1.91 bits per heavy atom. The fourth-order valence-electron chi connectivity index (χ4n) is 13.2. The van der Waals surface area contributed by atoms with Gasteiger partial charge in [0.2, 0.25) is 0 Å². The van der Waals surface area contributed by atoms with Crippen molar-refractivity contribution in [2.75, 3.05) is 14.2 Å². The maximum Gasteiger partial charge on any atom is 0.190 e. The fourth-order valence-corrected chi connectivity index (χ4v) is 13.2. The van der Waals surface area contributed by atoms with Gasteiger partial charge in [-0.3, -0.25) is 0 Å². The lowest BCUT2D eigenvalue weighted by Crippen LogP contribution is -2.67. The number of rotatable bonds is 10. The van der Waals surface area contributed by atoms with Crippen LogP contribution in [0.3, 0.4) is 0 Å². The van der Waals surface area contributed by atoms with E-state index in [1.807, 2.05) is 6.92 Å². The smallest absolute Gasteiger partial charge is 0.190 e. The molecule has 4 saturated carbocycles. The minimum atomic E-state index is -1.70. The van der Waals surface area contributed by atoms with Gasteiger partial charge in [-0.05, 0) is 124 Å². The normalized spacial score (nSPS) is 52.0. The number of methoxy groups -OCH3 is 2. The number of aliphatic hydroxyl groups excluding tert-OH is 6. The predicted octanol–water partition coefficient (Wildman–Crippen LogP) is 3.37. The molecule has 13 heteroatoms. The van der Waals surface area contributed by atoms with Gasteiger partial charge in [0, 0.05) is 14.2 Å². The van der Waals surface area contributed by atoms with Crippen LogP contribution >= 0.6 is 0 Å². The third-order valence-electron chi connectivity index (χ3n) is 16.4. The average molecular weight is 785 g/mol. The summed E-state index contributed by atoms with van der Waals surface area (Å²) in [6.07, 6.45) is -5.91. The van der Waals surface area contributed by atoms with Crippen molar-refractivity contribution in [2.45, 2.75) is 193 Å². The first-order chi connectivity index (χ1) is 25.6. The molecule has 0 bridgehead atoms. The van der Waals surface area contributed by atoms with Crippen molar-refractivity contribution in [3.05, 3.63) is 11.6 Å². The monoisotopic (exact) mass is 784 g/mol. The highest BCUT2D eigenvalue weighted by molar-refractivity contribution is 5.20. The van der Waals surface area contributed by atoms with Crippen molar-refractivity contribution < 1.29 is 64.2 Å². The zero-order valence-corrected chi connectivity index (χ0v) is 34.8. The van der Waals surface area contributed by atoms with Crippen molar-refractivity contribution in [2.24, 2.45) is 45.3 Å². The van der Waals surface area contributed by atoms with E-state index in [2.05, 4.69) is 54.5 Å². The van der Waals surface area contributed by atoms with Crippen LogP contribution in [0.15, 0.2) is 11.6 Å². The Kier molecular flexibility index (Phi) is 12.5. The molecule has 0 aromatic heterocycles. The first-order valence-electron chi connectivity index (χ1n) is 20.7. The summed E-state index contributed by atoms with van der Waals surface area (Å²) in [5.41, 5.74) is -0.291. The van der Waals surface area contributed by atoms with E-state index in [9.17, 15) is 35.7 Å². The average Bonchev–Trinajstić information content (AvgIpc) is 3.50. The second kappa shape index (κ2) is 15.7. The van der Waals surface area contributed by atoms with Crippen molar-refractivity contribution >= 4 is 0 Å². The van der Waals surface area contributed by atoms with Gasteiger partial charge in [-0.2, -0.15) is 0 Å². The first kappa shape index (κ1) is 43.8. The Bertz CT molecular complexity index is 1370. The third kappa shape index (κ3) is 7.20. The quantitative estimate of drug-likeness (QED) is 0.126. The first-order valence-corrected chi connectivity index (χ1v) is 20.7. The molecule has 2 aliphatic heterocycles. The maximum atomic E-state index is 12.2. The van der Waals surface area contributed by atoms with E-state index >= 15 is 0 Å². The lowest BCUT2D eigenvalue weighted by Gasteiger charge is -2.70. The molecule has 55 heavy (non-hydrogen) atoms. The molecule has 318 valence electrons. The van der Waals surface area contributed by atoms with Gasteiger partial charge < -0.3 is 64.2 Å². The van der Waals surface area contributed by atoms with Crippen molar-refractivity contribution in [3.8, 4) is 0 Å². The summed E-state index contributed by atoms with van der Waals surface area (Å²) in [4.78, 5) is 0. The number of hydrogen-bond donors (Lipinski definition) is 7. The maximum absolute atomic E-state index is 12.2. The lowest BCUT2D eigenvalue weighted by molar-refractivity contribution is -0.408. The molecule has 20 atom stereocenters. The van der Waals surface area contributed by atoms with E-state index in [1.165, 1.54) is 19.8 Å². The van der Waals surface area contributed by atoms with Gasteiger partial charge in [0.15, 0.2) is 25.2 Å². The molecule has 13 nitrogen and oxygen atoms in total. The highest BCUT2D eigenvalue weighted by atomic mass is 16.8. The van der Waals surface area contributed by atoms with Crippen LogP contribution in [-0.4, -0.2) is 130 Å². The molecule has 2 saturated heterocycles. The van der Waals surface area contributed by atoms with E-state index in [4.69, 9.17) is 28.4 Å². The summed E-state index contributed by atoms with van der Waals surface area (Å²) >= 11 is 0. The fraction of sp³-hybridized carbons (Fsp3) is 0.952. The number of ether oxygens (including phenoxy) is 6. The summed E-state index contributed by atoms with van der Waals surface area (Å²) in [6.45, 7) is 17.9. The van der Waals surface area contributed by atoms with E-state index in [0.717, 1.165) is 38.5 Å². The Morgan fingerprint density at radius 1 is 0.709 bits per heavy atom. The Morgan fingerprint density at radius 2 is 1.29 bits per heavy atom. The van der Waals surface area contributed by atoms with Crippen molar-refractivity contribution in [1.29, 1.82) is 0 Å². The van der Waals surface area contributed by atoms with E-state index in [0.29, 0.717) is 19.3 Å². The third-order valence-corrected chi connectivity index (χ3v) is 16.4. The molecule has 0 radical (unpaired) electrons. The molecule has 6 rings (SSSR count).